The molecule has 0 amide bonds. The molecule has 0 spiro atoms. The summed E-state index contributed by atoms with van der Waals surface area (Å²) in [6.07, 6.45) is 6.47. The second kappa shape index (κ2) is 8.19. The SMILES string of the molecule is CC1(C)C2CC=C(C=Nn3c(-c4ccc([N+](=O)[O-])cc4)csc3=Nc3ccc(F)cc3)C1C2. The summed E-state index contributed by atoms with van der Waals surface area (Å²) in [6.45, 7) is 4.64. The molecule has 0 saturated heterocycles. The van der Waals surface area contributed by atoms with E-state index in [9.17, 15) is 14.5 Å². The lowest BCUT2D eigenvalue weighted by Crippen LogP contribution is -2.48. The van der Waals surface area contributed by atoms with Gasteiger partial charge in [-0.3, -0.25) is 10.1 Å². The fourth-order valence-corrected chi connectivity index (χ4v) is 5.59. The number of allylic oxidation sites excluding steroid dienone is 2. The Labute approximate surface area is 194 Å². The number of nitro benzene ring substituents is 1. The van der Waals surface area contributed by atoms with Crippen molar-refractivity contribution in [1.82, 2.24) is 4.68 Å². The smallest absolute Gasteiger partial charge is 0.258 e. The Kier molecular flexibility index (Phi) is 5.32. The fourth-order valence-electron chi connectivity index (χ4n) is 4.74. The Balaban J connectivity index is 1.57. The van der Waals surface area contributed by atoms with E-state index in [0.717, 1.165) is 23.6 Å². The predicted octanol–water partition coefficient (Wildman–Crippen LogP) is 6.32. The zero-order valence-corrected chi connectivity index (χ0v) is 19.1. The van der Waals surface area contributed by atoms with Crippen LogP contribution >= 0.6 is 11.3 Å². The molecule has 1 saturated carbocycles. The predicted molar refractivity (Wildman–Crippen MR) is 128 cm³/mol. The third-order valence-corrected chi connectivity index (χ3v) is 7.76. The minimum absolute atomic E-state index is 0.0365. The highest BCUT2D eigenvalue weighted by Gasteiger charge is 2.50. The van der Waals surface area contributed by atoms with E-state index in [1.165, 1.54) is 47.6 Å². The number of aromatic nitrogens is 1. The molecule has 2 aromatic carbocycles. The zero-order chi connectivity index (χ0) is 23.2. The highest BCUT2D eigenvalue weighted by atomic mass is 32.1. The van der Waals surface area contributed by atoms with E-state index in [1.807, 2.05) is 11.6 Å². The van der Waals surface area contributed by atoms with Gasteiger partial charge in [0.05, 0.1) is 22.5 Å². The molecule has 1 aromatic heterocycles. The number of non-ortho nitro benzene ring substituents is 1. The Morgan fingerprint density at radius 3 is 2.55 bits per heavy atom. The fraction of sp³-hybridized carbons (Fsp3) is 0.280. The molecule has 1 fully saturated rings. The van der Waals surface area contributed by atoms with Gasteiger partial charge in [-0.1, -0.05) is 19.9 Å². The summed E-state index contributed by atoms with van der Waals surface area (Å²) in [6, 6.07) is 12.4. The highest BCUT2D eigenvalue weighted by molar-refractivity contribution is 7.07. The summed E-state index contributed by atoms with van der Waals surface area (Å²) in [7, 11) is 0. The third-order valence-electron chi connectivity index (χ3n) is 6.94. The number of nitro groups is 1. The summed E-state index contributed by atoms with van der Waals surface area (Å²) in [4.78, 5) is 15.9. The molecule has 6 nitrogen and oxygen atoms in total. The Morgan fingerprint density at radius 2 is 1.91 bits per heavy atom. The molecule has 0 N–H and O–H groups in total. The van der Waals surface area contributed by atoms with Gasteiger partial charge < -0.3 is 0 Å². The summed E-state index contributed by atoms with van der Waals surface area (Å²) < 4.78 is 15.1. The van der Waals surface area contributed by atoms with Gasteiger partial charge in [-0.05, 0) is 72.1 Å². The average molecular weight is 463 g/mol. The van der Waals surface area contributed by atoms with E-state index in [-0.39, 0.29) is 16.9 Å². The van der Waals surface area contributed by atoms with Crippen LogP contribution in [0.15, 0.2) is 75.7 Å². The van der Waals surface area contributed by atoms with Crippen LogP contribution in [0, 0.1) is 33.2 Å². The molecular formula is C25H23FN4O2S. The molecule has 2 unspecified atom stereocenters. The molecule has 33 heavy (non-hydrogen) atoms. The van der Waals surface area contributed by atoms with Crippen molar-refractivity contribution in [2.75, 3.05) is 0 Å². The Bertz CT molecular complexity index is 1330. The molecule has 3 aliphatic rings. The minimum Gasteiger partial charge on any atom is -0.258 e. The van der Waals surface area contributed by atoms with E-state index in [1.54, 1.807) is 28.9 Å². The van der Waals surface area contributed by atoms with E-state index >= 15 is 0 Å². The van der Waals surface area contributed by atoms with Crippen molar-refractivity contribution in [3.8, 4) is 11.3 Å². The molecule has 2 bridgehead atoms. The third kappa shape index (κ3) is 3.95. The van der Waals surface area contributed by atoms with E-state index in [0.29, 0.717) is 16.4 Å². The van der Waals surface area contributed by atoms with Crippen LogP contribution in [0.2, 0.25) is 0 Å². The monoisotopic (exact) mass is 462 g/mol. The quantitative estimate of drug-likeness (QED) is 0.253. The van der Waals surface area contributed by atoms with Gasteiger partial charge in [0.15, 0.2) is 0 Å². The Morgan fingerprint density at radius 1 is 1.18 bits per heavy atom. The number of nitrogens with zero attached hydrogens (tertiary/aromatic N) is 4. The molecule has 8 heteroatoms. The molecule has 1 heterocycles. The van der Waals surface area contributed by atoms with Crippen molar-refractivity contribution < 1.29 is 9.31 Å². The topological polar surface area (TPSA) is 72.8 Å². The van der Waals surface area contributed by atoms with Gasteiger partial charge >= 0.3 is 0 Å². The molecule has 3 aliphatic carbocycles. The van der Waals surface area contributed by atoms with Gasteiger partial charge in [0.1, 0.15) is 5.82 Å². The van der Waals surface area contributed by atoms with Crippen LogP contribution in [0.4, 0.5) is 15.8 Å². The van der Waals surface area contributed by atoms with Gasteiger partial charge in [0.25, 0.3) is 5.69 Å². The molecule has 0 aliphatic heterocycles. The minimum atomic E-state index is -0.415. The van der Waals surface area contributed by atoms with Crippen LogP contribution < -0.4 is 4.80 Å². The van der Waals surface area contributed by atoms with Gasteiger partial charge in [0, 0.05) is 23.1 Å². The summed E-state index contributed by atoms with van der Waals surface area (Å²) in [5, 5.41) is 17.8. The largest absolute Gasteiger partial charge is 0.269 e. The number of thiazole rings is 1. The first-order valence-corrected chi connectivity index (χ1v) is 11.7. The van der Waals surface area contributed by atoms with Gasteiger partial charge in [-0.2, -0.15) is 5.10 Å². The number of rotatable bonds is 5. The lowest BCUT2D eigenvalue weighted by molar-refractivity contribution is -0.384. The van der Waals surface area contributed by atoms with E-state index in [4.69, 9.17) is 5.10 Å². The molecule has 3 aromatic rings. The van der Waals surface area contributed by atoms with Gasteiger partial charge in [-0.15, -0.1) is 11.3 Å². The standard InChI is InChI=1S/C25H23FN4O2S/c1-25(2)18-6-3-17(22(25)13-18)14-27-29-23(16-4-11-21(12-5-16)30(31)32)15-33-24(29)28-20-9-7-19(26)8-10-20/h3-5,7-12,14-15,18,22H,6,13H2,1-2H3. The van der Waals surface area contributed by atoms with Crippen LogP contribution in [0.3, 0.4) is 0 Å². The lowest BCUT2D eigenvalue weighted by atomic mass is 9.49. The number of fused-ring (bicyclic) bond motifs is 1. The second-order valence-corrected chi connectivity index (χ2v) is 9.94. The van der Waals surface area contributed by atoms with Crippen molar-refractivity contribution in [3.63, 3.8) is 0 Å². The van der Waals surface area contributed by atoms with Crippen molar-refractivity contribution in [2.24, 2.45) is 27.3 Å². The van der Waals surface area contributed by atoms with Gasteiger partial charge in [-0.25, -0.2) is 14.1 Å². The van der Waals surface area contributed by atoms with Crippen molar-refractivity contribution in [1.29, 1.82) is 0 Å². The lowest BCUT2D eigenvalue weighted by Gasteiger charge is -2.55. The molecule has 0 radical (unpaired) electrons. The van der Waals surface area contributed by atoms with E-state index < -0.39 is 4.92 Å². The number of benzene rings is 2. The molecule has 6 rings (SSSR count). The maximum absolute atomic E-state index is 13.3. The maximum Gasteiger partial charge on any atom is 0.269 e. The van der Waals surface area contributed by atoms with Crippen molar-refractivity contribution in [2.45, 2.75) is 26.7 Å². The van der Waals surface area contributed by atoms with Crippen LogP contribution in [0.5, 0.6) is 0 Å². The van der Waals surface area contributed by atoms with Crippen LogP contribution in [0.25, 0.3) is 11.3 Å². The van der Waals surface area contributed by atoms with Crippen LogP contribution in [-0.4, -0.2) is 15.8 Å². The highest BCUT2D eigenvalue weighted by Crippen LogP contribution is 2.58. The Hall–Kier alpha value is -3.39. The number of hydrogen-bond acceptors (Lipinski definition) is 5. The normalized spacial score (nSPS) is 21.7. The molecular weight excluding hydrogens is 439 g/mol. The van der Waals surface area contributed by atoms with Crippen molar-refractivity contribution in [3.05, 3.63) is 86.3 Å². The molecule has 2 atom stereocenters. The number of hydrogen-bond donors (Lipinski definition) is 0. The first kappa shape index (κ1) is 21.5. The first-order valence-electron chi connectivity index (χ1n) is 10.8. The number of halogens is 1. The summed E-state index contributed by atoms with van der Waals surface area (Å²) in [5.74, 6) is 0.927. The van der Waals surface area contributed by atoms with Gasteiger partial charge in [0.2, 0.25) is 4.80 Å². The average Bonchev–Trinajstić information content (AvgIpc) is 3.21. The summed E-state index contributed by atoms with van der Waals surface area (Å²) >= 11 is 1.41. The molecule has 168 valence electrons. The summed E-state index contributed by atoms with van der Waals surface area (Å²) in [5.41, 5.74) is 3.78. The van der Waals surface area contributed by atoms with E-state index in [2.05, 4.69) is 24.9 Å². The zero-order valence-electron chi connectivity index (χ0n) is 18.3. The van der Waals surface area contributed by atoms with Crippen LogP contribution in [-0.2, 0) is 0 Å². The first-order chi connectivity index (χ1) is 15.8. The van der Waals surface area contributed by atoms with Crippen molar-refractivity contribution >= 4 is 28.9 Å². The van der Waals surface area contributed by atoms with Crippen LogP contribution in [0.1, 0.15) is 26.7 Å². The second-order valence-electron chi connectivity index (χ2n) is 9.10. The maximum atomic E-state index is 13.3.